The van der Waals surface area contributed by atoms with E-state index < -0.39 is 12.1 Å². The summed E-state index contributed by atoms with van der Waals surface area (Å²) >= 11 is 0. The Hall–Kier alpha value is -1.92. The lowest BCUT2D eigenvalue weighted by Gasteiger charge is -2.20. The minimum Gasteiger partial charge on any atom is -0.466 e. The first-order valence-corrected chi connectivity index (χ1v) is 41.3. The van der Waals surface area contributed by atoms with Gasteiger partial charge in [0.25, 0.3) is 0 Å². The Labute approximate surface area is 564 Å². The van der Waals surface area contributed by atoms with E-state index >= 15 is 0 Å². The molecular formula is C84H161NO5. The van der Waals surface area contributed by atoms with Gasteiger partial charge in [-0.1, -0.05) is 423 Å². The number of allylic oxidation sites excluding steroid dienone is 5. The molecule has 0 aromatic heterocycles. The zero-order chi connectivity index (χ0) is 64.9. The van der Waals surface area contributed by atoms with Crippen LogP contribution in [0.25, 0.3) is 0 Å². The number of hydrogen-bond acceptors (Lipinski definition) is 5. The summed E-state index contributed by atoms with van der Waals surface area (Å²) < 4.78 is 5.52. The lowest BCUT2D eigenvalue weighted by atomic mass is 10.0. The fourth-order valence-electron chi connectivity index (χ4n) is 13.1. The fourth-order valence-corrected chi connectivity index (χ4v) is 13.1. The van der Waals surface area contributed by atoms with E-state index in [1.54, 1.807) is 6.08 Å². The topological polar surface area (TPSA) is 95.9 Å². The van der Waals surface area contributed by atoms with Crippen molar-refractivity contribution in [1.29, 1.82) is 0 Å². The molecule has 2 atom stereocenters. The minimum atomic E-state index is -0.845. The van der Waals surface area contributed by atoms with E-state index in [1.165, 1.54) is 392 Å². The lowest BCUT2D eigenvalue weighted by Crippen LogP contribution is -2.45. The molecule has 3 N–H and O–H groups in total. The van der Waals surface area contributed by atoms with Crippen molar-refractivity contribution >= 4 is 11.9 Å². The summed E-state index contributed by atoms with van der Waals surface area (Å²) in [6.45, 7) is 4.96. The summed E-state index contributed by atoms with van der Waals surface area (Å²) in [5.41, 5.74) is 0. The Bertz CT molecular complexity index is 1460. The van der Waals surface area contributed by atoms with Crippen molar-refractivity contribution in [2.75, 3.05) is 13.2 Å². The molecule has 0 spiro atoms. The van der Waals surface area contributed by atoms with E-state index in [0.29, 0.717) is 19.4 Å². The van der Waals surface area contributed by atoms with E-state index in [9.17, 15) is 19.8 Å². The Morgan fingerprint density at radius 2 is 0.556 bits per heavy atom. The highest BCUT2D eigenvalue weighted by molar-refractivity contribution is 5.76. The van der Waals surface area contributed by atoms with Crippen LogP contribution in [0.1, 0.15) is 463 Å². The monoisotopic (exact) mass is 1260 g/mol. The number of amides is 1. The van der Waals surface area contributed by atoms with Gasteiger partial charge in [0.05, 0.1) is 25.4 Å². The third-order valence-corrected chi connectivity index (χ3v) is 19.4. The minimum absolute atomic E-state index is 0.0197. The highest BCUT2D eigenvalue weighted by atomic mass is 16.5. The summed E-state index contributed by atoms with van der Waals surface area (Å²) in [6.07, 6.45) is 104. The zero-order valence-corrected chi connectivity index (χ0v) is 61.1. The van der Waals surface area contributed by atoms with Crippen molar-refractivity contribution < 1.29 is 24.5 Å². The molecule has 0 aliphatic rings. The van der Waals surface area contributed by atoms with Crippen LogP contribution >= 0.6 is 0 Å². The van der Waals surface area contributed by atoms with E-state index in [4.69, 9.17) is 4.74 Å². The lowest BCUT2D eigenvalue weighted by molar-refractivity contribution is -0.143. The molecule has 6 nitrogen and oxygen atoms in total. The van der Waals surface area contributed by atoms with Crippen LogP contribution in [0.3, 0.4) is 0 Å². The molecule has 90 heavy (non-hydrogen) atoms. The third kappa shape index (κ3) is 75.1. The van der Waals surface area contributed by atoms with Crippen molar-refractivity contribution in [2.45, 2.75) is 475 Å². The molecular weight excluding hydrogens is 1100 g/mol. The first-order valence-electron chi connectivity index (χ1n) is 41.3. The van der Waals surface area contributed by atoms with Crippen molar-refractivity contribution in [2.24, 2.45) is 0 Å². The number of aliphatic hydroxyl groups excluding tert-OH is 2. The van der Waals surface area contributed by atoms with Crippen molar-refractivity contribution in [3.63, 3.8) is 0 Å². The third-order valence-electron chi connectivity index (χ3n) is 19.4. The number of rotatable bonds is 78. The second-order valence-electron chi connectivity index (χ2n) is 28.5. The first kappa shape index (κ1) is 88.1. The maximum absolute atomic E-state index is 12.5. The molecule has 1 amide bonds. The zero-order valence-electron chi connectivity index (χ0n) is 61.1. The molecule has 0 saturated heterocycles. The molecule has 0 heterocycles. The van der Waals surface area contributed by atoms with E-state index in [-0.39, 0.29) is 18.5 Å². The van der Waals surface area contributed by atoms with Gasteiger partial charge < -0.3 is 20.3 Å². The van der Waals surface area contributed by atoms with Crippen LogP contribution in [0.2, 0.25) is 0 Å². The molecule has 2 unspecified atom stereocenters. The average Bonchev–Trinajstić information content (AvgIpc) is 3.59. The second kappa shape index (κ2) is 79.5. The number of carbonyl (C=O) groups is 2. The molecule has 0 aromatic rings. The quantitative estimate of drug-likeness (QED) is 0.0320. The van der Waals surface area contributed by atoms with Crippen LogP contribution in [0.5, 0.6) is 0 Å². The molecule has 532 valence electrons. The molecule has 0 fully saturated rings. The van der Waals surface area contributed by atoms with Gasteiger partial charge >= 0.3 is 5.97 Å². The predicted octanol–water partition coefficient (Wildman–Crippen LogP) is 27.4. The summed E-state index contributed by atoms with van der Waals surface area (Å²) in [7, 11) is 0. The standard InChI is InChI=1S/C84H161NO5/c1-3-5-7-9-11-13-15-17-19-21-23-37-41-44-48-52-56-60-64-68-72-76-82(87)81(80-86)85-83(88)77-73-69-65-61-57-53-49-45-42-38-35-33-31-29-27-25-24-26-28-30-32-34-36-39-43-47-51-55-59-63-67-71-75-79-90-84(89)78-74-70-66-62-58-54-50-46-40-22-20-18-16-14-12-10-8-6-4-2/h28,30,34,36,72,76,81-82,86-87H,3-27,29,31-33,35,37-71,73-75,77-80H2,1-2H3,(H,85,88)/b30-28-,36-34-,76-72+. The smallest absolute Gasteiger partial charge is 0.305 e. The van der Waals surface area contributed by atoms with Crippen molar-refractivity contribution in [3.8, 4) is 0 Å². The van der Waals surface area contributed by atoms with Gasteiger partial charge in [0.1, 0.15) is 0 Å². The van der Waals surface area contributed by atoms with Gasteiger partial charge in [-0.15, -0.1) is 0 Å². The van der Waals surface area contributed by atoms with Crippen LogP contribution in [0.4, 0.5) is 0 Å². The van der Waals surface area contributed by atoms with Gasteiger partial charge in [-0.2, -0.15) is 0 Å². The van der Waals surface area contributed by atoms with Gasteiger partial charge in [-0.3, -0.25) is 9.59 Å². The highest BCUT2D eigenvalue weighted by Crippen LogP contribution is 2.20. The second-order valence-corrected chi connectivity index (χ2v) is 28.5. The summed E-state index contributed by atoms with van der Waals surface area (Å²) in [5.74, 6) is -0.0418. The van der Waals surface area contributed by atoms with Crippen LogP contribution < -0.4 is 5.32 Å². The molecule has 6 heteroatoms. The van der Waals surface area contributed by atoms with Crippen LogP contribution in [-0.2, 0) is 14.3 Å². The molecule has 0 aromatic carbocycles. The van der Waals surface area contributed by atoms with Gasteiger partial charge in [-0.25, -0.2) is 0 Å². The number of hydrogen-bond donors (Lipinski definition) is 3. The molecule has 0 aliphatic heterocycles. The number of nitrogens with one attached hydrogen (secondary N) is 1. The predicted molar refractivity (Wildman–Crippen MR) is 398 cm³/mol. The molecule has 0 radical (unpaired) electrons. The number of ether oxygens (including phenoxy) is 1. The SMILES string of the molecule is CCCCCCCCCCCCCCCCCCCCC/C=C/C(O)C(CO)NC(=O)CCCCCCCCCCCCCCCCCCC/C=C\C/C=C\CCCCCCCCCCCOC(=O)CCCCCCCCCCCCCCCCCCCCC. The normalized spacial score (nSPS) is 12.6. The maximum atomic E-state index is 12.5. The molecule has 0 bridgehead atoms. The van der Waals surface area contributed by atoms with E-state index in [1.807, 2.05) is 6.08 Å². The van der Waals surface area contributed by atoms with Gasteiger partial charge in [0.2, 0.25) is 5.91 Å². The maximum Gasteiger partial charge on any atom is 0.305 e. The van der Waals surface area contributed by atoms with E-state index in [2.05, 4.69) is 43.5 Å². The van der Waals surface area contributed by atoms with Gasteiger partial charge in [0, 0.05) is 12.8 Å². The number of aliphatic hydroxyl groups is 2. The van der Waals surface area contributed by atoms with Gasteiger partial charge in [0.15, 0.2) is 0 Å². The van der Waals surface area contributed by atoms with Crippen LogP contribution in [0, 0.1) is 0 Å². The van der Waals surface area contributed by atoms with Crippen LogP contribution in [0.15, 0.2) is 36.5 Å². The number of esters is 1. The number of unbranched alkanes of at least 4 members (excludes halogenated alkanes) is 63. The van der Waals surface area contributed by atoms with Gasteiger partial charge in [-0.05, 0) is 64.2 Å². The fraction of sp³-hybridized carbons (Fsp3) is 0.905. The molecule has 0 saturated carbocycles. The van der Waals surface area contributed by atoms with Crippen molar-refractivity contribution in [3.05, 3.63) is 36.5 Å². The Morgan fingerprint density at radius 3 is 0.844 bits per heavy atom. The van der Waals surface area contributed by atoms with E-state index in [0.717, 1.165) is 44.9 Å². The Kier molecular flexibility index (Phi) is 77.8. The number of carbonyl (C=O) groups excluding carboxylic acids is 2. The Morgan fingerprint density at radius 1 is 0.311 bits per heavy atom. The molecule has 0 rings (SSSR count). The summed E-state index contributed by atoms with van der Waals surface area (Å²) in [6, 6.07) is -0.628. The largest absolute Gasteiger partial charge is 0.466 e. The Balaban J connectivity index is 3.38. The average molecular weight is 1270 g/mol. The summed E-state index contributed by atoms with van der Waals surface area (Å²) in [5, 5.41) is 23.3. The first-order chi connectivity index (χ1) is 44.5. The van der Waals surface area contributed by atoms with Crippen molar-refractivity contribution in [1.82, 2.24) is 5.32 Å². The molecule has 0 aliphatic carbocycles. The highest BCUT2D eigenvalue weighted by Gasteiger charge is 2.18. The van der Waals surface area contributed by atoms with Crippen LogP contribution in [-0.4, -0.2) is 47.4 Å². The summed E-state index contributed by atoms with van der Waals surface area (Å²) in [4.78, 5) is 24.7.